The second kappa shape index (κ2) is 8.33. The zero-order valence-corrected chi connectivity index (χ0v) is 15.1. The molecule has 2 amide bonds. The summed E-state index contributed by atoms with van der Waals surface area (Å²) in [5.74, 6) is 0.138. The van der Waals surface area contributed by atoms with E-state index in [0.717, 1.165) is 23.2 Å². The van der Waals surface area contributed by atoms with Crippen LogP contribution in [-0.2, 0) is 16.0 Å². The summed E-state index contributed by atoms with van der Waals surface area (Å²) in [6.07, 6.45) is 0.787. The van der Waals surface area contributed by atoms with Crippen molar-refractivity contribution in [3.05, 3.63) is 53.6 Å². The van der Waals surface area contributed by atoms with Crippen LogP contribution >= 0.6 is 0 Å². The Morgan fingerprint density at radius 3 is 2.48 bits per heavy atom. The first-order valence-corrected chi connectivity index (χ1v) is 8.27. The molecule has 2 aromatic carbocycles. The van der Waals surface area contributed by atoms with Crippen molar-refractivity contribution < 1.29 is 14.3 Å². The molecular formula is C20H24N2O3. The first-order chi connectivity index (χ1) is 12.0. The number of carbonyl (C=O) groups excluding carboxylic acids is 2. The van der Waals surface area contributed by atoms with Crippen molar-refractivity contribution in [1.82, 2.24) is 0 Å². The zero-order valence-electron chi connectivity index (χ0n) is 15.1. The topological polar surface area (TPSA) is 58.6 Å². The van der Waals surface area contributed by atoms with Crippen LogP contribution < -0.4 is 15.0 Å². The van der Waals surface area contributed by atoms with E-state index in [1.54, 1.807) is 19.2 Å². The van der Waals surface area contributed by atoms with E-state index < -0.39 is 0 Å². The maximum absolute atomic E-state index is 12.5. The normalized spacial score (nSPS) is 10.2. The molecule has 0 aromatic heterocycles. The van der Waals surface area contributed by atoms with Gasteiger partial charge in [-0.25, -0.2) is 0 Å². The largest absolute Gasteiger partial charge is 0.495 e. The number of para-hydroxylation sites is 3. The Morgan fingerprint density at radius 2 is 1.84 bits per heavy atom. The quantitative estimate of drug-likeness (QED) is 0.875. The summed E-state index contributed by atoms with van der Waals surface area (Å²) >= 11 is 0. The summed E-state index contributed by atoms with van der Waals surface area (Å²) in [6, 6.07) is 13.1. The molecule has 132 valence electrons. The van der Waals surface area contributed by atoms with E-state index in [-0.39, 0.29) is 18.4 Å². The molecule has 5 nitrogen and oxygen atoms in total. The lowest BCUT2D eigenvalue weighted by atomic mass is 10.0. The number of carbonyl (C=O) groups is 2. The lowest BCUT2D eigenvalue weighted by Crippen LogP contribution is -2.37. The summed E-state index contributed by atoms with van der Waals surface area (Å²) in [6.45, 7) is 5.40. The number of anilines is 2. The van der Waals surface area contributed by atoms with Crippen LogP contribution in [0.15, 0.2) is 42.5 Å². The van der Waals surface area contributed by atoms with Crippen molar-refractivity contribution in [2.75, 3.05) is 23.9 Å². The second-order valence-corrected chi connectivity index (χ2v) is 5.79. The molecule has 0 saturated heterocycles. The van der Waals surface area contributed by atoms with E-state index in [4.69, 9.17) is 4.74 Å². The Balaban J connectivity index is 2.26. The highest BCUT2D eigenvalue weighted by atomic mass is 16.5. The molecule has 25 heavy (non-hydrogen) atoms. The lowest BCUT2D eigenvalue weighted by Gasteiger charge is -2.25. The monoisotopic (exact) mass is 340 g/mol. The summed E-state index contributed by atoms with van der Waals surface area (Å²) < 4.78 is 5.24. The van der Waals surface area contributed by atoms with E-state index in [2.05, 4.69) is 5.32 Å². The van der Waals surface area contributed by atoms with Crippen LogP contribution in [0.3, 0.4) is 0 Å². The number of rotatable bonds is 6. The number of benzene rings is 2. The van der Waals surface area contributed by atoms with Crippen LogP contribution in [0.2, 0.25) is 0 Å². The molecule has 0 fully saturated rings. The number of methoxy groups -OCH3 is 1. The number of ether oxygens (including phenoxy) is 1. The predicted molar refractivity (Wildman–Crippen MR) is 100 cm³/mol. The molecule has 2 aromatic rings. The number of hydrogen-bond donors (Lipinski definition) is 1. The zero-order chi connectivity index (χ0) is 18.4. The van der Waals surface area contributed by atoms with Crippen molar-refractivity contribution in [2.45, 2.75) is 27.2 Å². The fraction of sp³-hybridized carbons (Fsp3) is 0.300. The molecule has 0 bridgehead atoms. The van der Waals surface area contributed by atoms with Gasteiger partial charge in [0, 0.05) is 6.92 Å². The molecule has 0 radical (unpaired) electrons. The minimum absolute atomic E-state index is 0.0504. The van der Waals surface area contributed by atoms with Gasteiger partial charge in [-0.15, -0.1) is 0 Å². The number of amides is 2. The van der Waals surface area contributed by atoms with Gasteiger partial charge >= 0.3 is 0 Å². The van der Waals surface area contributed by atoms with Gasteiger partial charge in [0.15, 0.2) is 0 Å². The van der Waals surface area contributed by atoms with E-state index >= 15 is 0 Å². The number of aryl methyl sites for hydroxylation is 2. The van der Waals surface area contributed by atoms with Gasteiger partial charge in [0.1, 0.15) is 12.3 Å². The molecular weight excluding hydrogens is 316 g/mol. The fourth-order valence-electron chi connectivity index (χ4n) is 2.82. The number of nitrogens with one attached hydrogen (secondary N) is 1. The Labute approximate surface area is 148 Å². The molecule has 0 spiro atoms. The van der Waals surface area contributed by atoms with E-state index in [9.17, 15) is 9.59 Å². The number of nitrogens with zero attached hydrogens (tertiary/aromatic N) is 1. The summed E-state index contributed by atoms with van der Waals surface area (Å²) in [5.41, 5.74) is 3.41. The standard InChI is InChI=1S/C20H24N2O3/c1-5-16-10-8-9-14(2)20(16)22(15(3)23)13-19(24)21-17-11-6-7-12-18(17)25-4/h6-12H,5,13H2,1-4H3,(H,21,24). The van der Waals surface area contributed by atoms with Gasteiger partial charge in [-0.2, -0.15) is 0 Å². The van der Waals surface area contributed by atoms with Gasteiger partial charge < -0.3 is 15.0 Å². The Kier molecular flexibility index (Phi) is 6.17. The Bertz CT molecular complexity index is 771. The van der Waals surface area contributed by atoms with Crippen LogP contribution in [-0.4, -0.2) is 25.5 Å². The molecule has 5 heteroatoms. The van der Waals surface area contributed by atoms with Crippen molar-refractivity contribution >= 4 is 23.2 Å². The second-order valence-electron chi connectivity index (χ2n) is 5.79. The van der Waals surface area contributed by atoms with Crippen LogP contribution in [0.5, 0.6) is 5.75 Å². The maximum atomic E-state index is 12.5. The highest BCUT2D eigenvalue weighted by Crippen LogP contribution is 2.27. The summed E-state index contributed by atoms with van der Waals surface area (Å²) in [4.78, 5) is 26.2. The minimum Gasteiger partial charge on any atom is -0.495 e. The molecule has 1 N–H and O–H groups in total. The molecule has 0 aliphatic heterocycles. The van der Waals surface area contributed by atoms with Gasteiger partial charge in [-0.1, -0.05) is 37.3 Å². The van der Waals surface area contributed by atoms with Crippen LogP contribution in [0.1, 0.15) is 25.0 Å². The highest BCUT2D eigenvalue weighted by Gasteiger charge is 2.20. The van der Waals surface area contributed by atoms with Crippen molar-refractivity contribution in [1.29, 1.82) is 0 Å². The smallest absolute Gasteiger partial charge is 0.244 e. The minimum atomic E-state index is -0.273. The third-order valence-corrected chi connectivity index (χ3v) is 4.04. The van der Waals surface area contributed by atoms with Gasteiger partial charge in [0.2, 0.25) is 11.8 Å². The average Bonchev–Trinajstić information content (AvgIpc) is 2.60. The maximum Gasteiger partial charge on any atom is 0.244 e. The molecule has 0 aliphatic carbocycles. The predicted octanol–water partition coefficient (Wildman–Crippen LogP) is 3.56. The van der Waals surface area contributed by atoms with E-state index in [1.165, 1.54) is 11.8 Å². The lowest BCUT2D eigenvalue weighted by molar-refractivity contribution is -0.120. The average molecular weight is 340 g/mol. The van der Waals surface area contributed by atoms with Gasteiger partial charge in [0.25, 0.3) is 0 Å². The molecule has 0 heterocycles. The van der Waals surface area contributed by atoms with Crippen LogP contribution in [0.25, 0.3) is 0 Å². The first kappa shape index (κ1) is 18.5. The first-order valence-electron chi connectivity index (χ1n) is 8.27. The van der Waals surface area contributed by atoms with E-state index in [0.29, 0.717) is 11.4 Å². The molecule has 0 atom stereocenters. The fourth-order valence-corrected chi connectivity index (χ4v) is 2.82. The van der Waals surface area contributed by atoms with Crippen molar-refractivity contribution in [3.8, 4) is 5.75 Å². The van der Waals surface area contributed by atoms with E-state index in [1.807, 2.05) is 44.2 Å². The Hall–Kier alpha value is -2.82. The van der Waals surface area contributed by atoms with Gasteiger partial charge in [0.05, 0.1) is 18.5 Å². The highest BCUT2D eigenvalue weighted by molar-refractivity contribution is 6.03. The SMILES string of the molecule is CCc1cccc(C)c1N(CC(=O)Nc1ccccc1OC)C(C)=O. The molecule has 2 rings (SSSR count). The Morgan fingerprint density at radius 1 is 1.12 bits per heavy atom. The molecule has 0 unspecified atom stereocenters. The van der Waals surface area contributed by atoms with Crippen LogP contribution in [0, 0.1) is 6.92 Å². The van der Waals surface area contributed by atoms with Crippen molar-refractivity contribution in [3.63, 3.8) is 0 Å². The molecule has 0 aliphatic rings. The van der Waals surface area contributed by atoms with Gasteiger partial charge in [-0.05, 0) is 36.6 Å². The van der Waals surface area contributed by atoms with Crippen LogP contribution in [0.4, 0.5) is 11.4 Å². The third kappa shape index (κ3) is 4.38. The number of hydrogen-bond acceptors (Lipinski definition) is 3. The summed E-state index contributed by atoms with van der Waals surface area (Å²) in [7, 11) is 1.55. The van der Waals surface area contributed by atoms with Crippen molar-refractivity contribution in [2.24, 2.45) is 0 Å². The van der Waals surface area contributed by atoms with Gasteiger partial charge in [-0.3, -0.25) is 9.59 Å². The summed E-state index contributed by atoms with van der Waals surface area (Å²) in [5, 5.41) is 2.82. The molecule has 0 saturated carbocycles. The third-order valence-electron chi connectivity index (χ3n) is 4.04.